The summed E-state index contributed by atoms with van der Waals surface area (Å²) in [6.45, 7) is 7.61. The molecular weight excluding hydrogens is 342 g/mol. The van der Waals surface area contributed by atoms with E-state index in [0.717, 1.165) is 38.6 Å². The van der Waals surface area contributed by atoms with Crippen LogP contribution in [0.15, 0.2) is 4.99 Å². The van der Waals surface area contributed by atoms with Crippen molar-refractivity contribution in [2.75, 3.05) is 66.5 Å². The highest BCUT2D eigenvalue weighted by Crippen LogP contribution is 2.20. The number of amides is 1. The third-order valence-electron chi connectivity index (χ3n) is 5.93. The number of carbonyl (C=O) groups is 1. The molecular formula is C20H37N5O2. The summed E-state index contributed by atoms with van der Waals surface area (Å²) < 4.78 is 5.85. The minimum atomic E-state index is 0.0380. The lowest BCUT2D eigenvalue weighted by molar-refractivity contribution is -0.127. The van der Waals surface area contributed by atoms with Gasteiger partial charge in [0.25, 0.3) is 0 Å². The van der Waals surface area contributed by atoms with Gasteiger partial charge in [0.2, 0.25) is 5.91 Å². The van der Waals surface area contributed by atoms with Crippen LogP contribution in [-0.2, 0) is 9.53 Å². The number of aliphatic imine (C=N–C) groups is 1. The van der Waals surface area contributed by atoms with Gasteiger partial charge in [-0.1, -0.05) is 0 Å². The second-order valence-corrected chi connectivity index (χ2v) is 8.41. The molecule has 0 aromatic heterocycles. The van der Waals surface area contributed by atoms with Crippen LogP contribution >= 0.6 is 0 Å². The van der Waals surface area contributed by atoms with E-state index in [2.05, 4.69) is 20.1 Å². The first-order chi connectivity index (χ1) is 13.1. The molecule has 0 aromatic carbocycles. The number of guanidine groups is 1. The Bertz CT molecular complexity index is 499. The van der Waals surface area contributed by atoms with Gasteiger partial charge in [-0.2, -0.15) is 0 Å². The summed E-state index contributed by atoms with van der Waals surface area (Å²) in [5.41, 5.74) is 0. The summed E-state index contributed by atoms with van der Waals surface area (Å²) in [7, 11) is 3.56. The van der Waals surface area contributed by atoms with Crippen LogP contribution in [0.25, 0.3) is 0 Å². The number of nitrogens with zero attached hydrogens (tertiary/aromatic N) is 4. The van der Waals surface area contributed by atoms with E-state index in [1.165, 1.54) is 51.7 Å². The number of hydrogen-bond acceptors (Lipinski definition) is 4. The SMILES string of the molecule is CN(C)C(=O)CN=C(NCC1CCCCO1)N1CCC(CN2CCCC2)C1. The van der Waals surface area contributed by atoms with Crippen molar-refractivity contribution >= 4 is 11.9 Å². The molecule has 3 saturated heterocycles. The van der Waals surface area contributed by atoms with E-state index in [1.807, 2.05) is 0 Å². The van der Waals surface area contributed by atoms with Crippen molar-refractivity contribution in [1.82, 2.24) is 20.0 Å². The fourth-order valence-corrected chi connectivity index (χ4v) is 4.23. The van der Waals surface area contributed by atoms with Gasteiger partial charge in [-0.15, -0.1) is 0 Å². The van der Waals surface area contributed by atoms with Gasteiger partial charge in [0.05, 0.1) is 6.10 Å². The number of likely N-dealkylation sites (tertiary alicyclic amines) is 2. The highest BCUT2D eigenvalue weighted by molar-refractivity contribution is 5.85. The molecule has 3 aliphatic rings. The number of carbonyl (C=O) groups excluding carboxylic acids is 1. The van der Waals surface area contributed by atoms with E-state index < -0.39 is 0 Å². The minimum absolute atomic E-state index is 0.0380. The minimum Gasteiger partial charge on any atom is -0.376 e. The van der Waals surface area contributed by atoms with Crippen LogP contribution in [0, 0.1) is 5.92 Å². The summed E-state index contributed by atoms with van der Waals surface area (Å²) in [5, 5.41) is 3.51. The van der Waals surface area contributed by atoms with E-state index in [4.69, 9.17) is 4.74 Å². The van der Waals surface area contributed by atoms with Crippen LogP contribution in [-0.4, -0.2) is 99.2 Å². The molecule has 1 N–H and O–H groups in total. The summed E-state index contributed by atoms with van der Waals surface area (Å²) in [6.07, 6.45) is 7.67. The van der Waals surface area contributed by atoms with Crippen molar-refractivity contribution in [3.05, 3.63) is 0 Å². The van der Waals surface area contributed by atoms with Crippen molar-refractivity contribution in [2.45, 2.75) is 44.6 Å². The Balaban J connectivity index is 1.54. The van der Waals surface area contributed by atoms with Gasteiger partial charge in [0.1, 0.15) is 6.54 Å². The first kappa shape index (κ1) is 20.4. The second kappa shape index (κ2) is 10.3. The molecule has 0 aliphatic carbocycles. The fraction of sp³-hybridized carbons (Fsp3) is 0.900. The van der Waals surface area contributed by atoms with Gasteiger partial charge in [0, 0.05) is 46.9 Å². The van der Waals surface area contributed by atoms with E-state index in [1.54, 1.807) is 19.0 Å². The van der Waals surface area contributed by atoms with E-state index in [-0.39, 0.29) is 18.6 Å². The van der Waals surface area contributed by atoms with Gasteiger partial charge in [-0.3, -0.25) is 4.79 Å². The lowest BCUT2D eigenvalue weighted by atomic mass is 10.1. The first-order valence-electron chi connectivity index (χ1n) is 10.7. The molecule has 3 rings (SSSR count). The molecule has 0 saturated carbocycles. The highest BCUT2D eigenvalue weighted by atomic mass is 16.5. The van der Waals surface area contributed by atoms with Crippen molar-refractivity contribution < 1.29 is 9.53 Å². The lowest BCUT2D eigenvalue weighted by Gasteiger charge is -2.27. The maximum Gasteiger partial charge on any atom is 0.243 e. The monoisotopic (exact) mass is 379 g/mol. The fourth-order valence-electron chi connectivity index (χ4n) is 4.23. The van der Waals surface area contributed by atoms with E-state index >= 15 is 0 Å². The van der Waals surface area contributed by atoms with Gasteiger partial charge in [-0.05, 0) is 57.5 Å². The number of likely N-dealkylation sites (N-methyl/N-ethyl adjacent to an activating group) is 1. The molecule has 27 heavy (non-hydrogen) atoms. The molecule has 3 heterocycles. The zero-order valence-electron chi connectivity index (χ0n) is 17.2. The Labute approximate surface area is 164 Å². The Morgan fingerprint density at radius 2 is 1.96 bits per heavy atom. The van der Waals surface area contributed by atoms with Crippen molar-refractivity contribution in [3.8, 4) is 0 Å². The Morgan fingerprint density at radius 3 is 2.67 bits per heavy atom. The molecule has 3 fully saturated rings. The van der Waals surface area contributed by atoms with E-state index in [0.29, 0.717) is 5.92 Å². The standard InChI is InChI=1S/C20H37N5O2/c1-23(2)19(26)14-22-20(21-13-18-7-3-6-12-27-18)25-11-8-17(16-25)15-24-9-4-5-10-24/h17-18H,3-16H2,1-2H3,(H,21,22). The largest absolute Gasteiger partial charge is 0.376 e. The number of hydrogen-bond donors (Lipinski definition) is 1. The normalized spacial score (nSPS) is 27.2. The second-order valence-electron chi connectivity index (χ2n) is 8.41. The zero-order valence-corrected chi connectivity index (χ0v) is 17.2. The van der Waals surface area contributed by atoms with Crippen LogP contribution in [0.4, 0.5) is 0 Å². The topological polar surface area (TPSA) is 60.4 Å². The van der Waals surface area contributed by atoms with Gasteiger partial charge < -0.3 is 24.8 Å². The predicted octanol–water partition coefficient (Wildman–Crippen LogP) is 1.01. The molecule has 0 spiro atoms. The first-order valence-corrected chi connectivity index (χ1v) is 10.7. The Hall–Kier alpha value is -1.34. The molecule has 0 radical (unpaired) electrons. The average Bonchev–Trinajstić information content (AvgIpc) is 3.35. The summed E-state index contributed by atoms with van der Waals surface area (Å²) in [6, 6.07) is 0. The predicted molar refractivity (Wildman–Crippen MR) is 108 cm³/mol. The third-order valence-corrected chi connectivity index (χ3v) is 5.93. The molecule has 154 valence electrons. The van der Waals surface area contributed by atoms with Gasteiger partial charge >= 0.3 is 0 Å². The smallest absolute Gasteiger partial charge is 0.243 e. The number of rotatable bonds is 6. The molecule has 0 aromatic rings. The quantitative estimate of drug-likeness (QED) is 0.551. The molecule has 1 amide bonds. The van der Waals surface area contributed by atoms with Crippen molar-refractivity contribution in [1.29, 1.82) is 0 Å². The van der Waals surface area contributed by atoms with Crippen molar-refractivity contribution in [3.63, 3.8) is 0 Å². The van der Waals surface area contributed by atoms with Gasteiger partial charge in [-0.25, -0.2) is 4.99 Å². The lowest BCUT2D eigenvalue weighted by Crippen LogP contribution is -2.45. The van der Waals surface area contributed by atoms with Crippen LogP contribution < -0.4 is 5.32 Å². The van der Waals surface area contributed by atoms with Crippen LogP contribution in [0.3, 0.4) is 0 Å². The maximum absolute atomic E-state index is 12.0. The maximum atomic E-state index is 12.0. The Morgan fingerprint density at radius 1 is 1.15 bits per heavy atom. The third kappa shape index (κ3) is 6.35. The molecule has 2 atom stereocenters. The van der Waals surface area contributed by atoms with Crippen LogP contribution in [0.1, 0.15) is 38.5 Å². The van der Waals surface area contributed by atoms with Crippen molar-refractivity contribution in [2.24, 2.45) is 10.9 Å². The summed E-state index contributed by atoms with van der Waals surface area (Å²) in [4.78, 5) is 23.2. The molecule has 7 nitrogen and oxygen atoms in total. The van der Waals surface area contributed by atoms with Crippen LogP contribution in [0.2, 0.25) is 0 Å². The average molecular weight is 380 g/mol. The molecule has 3 aliphatic heterocycles. The molecule has 2 unspecified atom stereocenters. The van der Waals surface area contributed by atoms with Gasteiger partial charge in [0.15, 0.2) is 5.96 Å². The highest BCUT2D eigenvalue weighted by Gasteiger charge is 2.28. The molecule has 7 heteroatoms. The summed E-state index contributed by atoms with van der Waals surface area (Å²) >= 11 is 0. The summed E-state index contributed by atoms with van der Waals surface area (Å²) in [5.74, 6) is 1.62. The number of ether oxygens (including phenoxy) is 1. The zero-order chi connectivity index (χ0) is 19.1. The van der Waals surface area contributed by atoms with Crippen LogP contribution in [0.5, 0.6) is 0 Å². The van der Waals surface area contributed by atoms with E-state index in [9.17, 15) is 4.79 Å². The Kier molecular flexibility index (Phi) is 7.76. The number of nitrogens with one attached hydrogen (secondary N) is 1. The molecule has 0 bridgehead atoms.